The van der Waals surface area contributed by atoms with E-state index in [1.54, 1.807) is 0 Å². The van der Waals surface area contributed by atoms with Gasteiger partial charge in [-0.1, -0.05) is 32.0 Å². The van der Waals surface area contributed by atoms with Gasteiger partial charge in [-0.05, 0) is 70.6 Å². The number of likely N-dealkylation sites (tertiary alicyclic amines) is 1. The molecule has 2 amide bonds. The number of nitrogens with zero attached hydrogens (tertiary/aromatic N) is 3. The minimum Gasteiger partial charge on any atom is -0.358 e. The molecule has 2 N–H and O–H groups in total. The van der Waals surface area contributed by atoms with Gasteiger partial charge in [-0.25, -0.2) is 0 Å². The Kier molecular flexibility index (Phi) is 7.54. The number of carbonyl (C=O) groups excluding carboxylic acids is 2. The molecule has 1 aromatic carbocycles. The zero-order chi connectivity index (χ0) is 24.2. The van der Waals surface area contributed by atoms with Gasteiger partial charge in [-0.3, -0.25) is 19.4 Å². The molecule has 4 rings (SSSR count). The summed E-state index contributed by atoms with van der Waals surface area (Å²) in [5.41, 5.74) is 5.75. The van der Waals surface area contributed by atoms with Crippen LogP contribution < -0.4 is 10.2 Å². The van der Waals surface area contributed by atoms with E-state index in [1.807, 2.05) is 49.1 Å². The van der Waals surface area contributed by atoms with Gasteiger partial charge in [-0.2, -0.15) is 0 Å². The van der Waals surface area contributed by atoms with Crippen molar-refractivity contribution in [1.82, 2.24) is 20.1 Å². The molecule has 0 bridgehead atoms. The van der Waals surface area contributed by atoms with Crippen LogP contribution in [0.4, 0.5) is 5.69 Å². The van der Waals surface area contributed by atoms with Gasteiger partial charge < -0.3 is 15.2 Å². The smallest absolute Gasteiger partial charge is 0.260 e. The maximum absolute atomic E-state index is 13.5. The van der Waals surface area contributed by atoms with Gasteiger partial charge in [-0.15, -0.1) is 0 Å². The van der Waals surface area contributed by atoms with Crippen molar-refractivity contribution in [3.63, 3.8) is 0 Å². The van der Waals surface area contributed by atoms with E-state index >= 15 is 0 Å². The number of H-pyrrole nitrogens is 1. The lowest BCUT2D eigenvalue weighted by Gasteiger charge is -2.24. The third kappa shape index (κ3) is 4.81. The Hall–Kier alpha value is -2.90. The van der Waals surface area contributed by atoms with Crippen LogP contribution in [0.2, 0.25) is 0 Å². The lowest BCUT2D eigenvalue weighted by atomic mass is 10.0. The summed E-state index contributed by atoms with van der Waals surface area (Å²) in [6, 6.07) is 7.98. The number of carbonyl (C=O) groups is 2. The zero-order valence-corrected chi connectivity index (χ0v) is 20.9. The van der Waals surface area contributed by atoms with Crippen LogP contribution >= 0.6 is 0 Å². The summed E-state index contributed by atoms with van der Waals surface area (Å²) in [6.07, 6.45) is 4.29. The molecule has 3 heterocycles. The standard InChI is InChI=1S/C27H37N5O2/c1-5-30(6-2)16-13-28-26(33)25-19(3)23(29-20(25)4)17-22-21-11-7-8-12-24(21)32(27(22)34)18-31-14-9-10-15-31/h7-8,11-12,17,29H,5-6,9-10,13-16,18H2,1-4H3,(H,28,33)/b22-17-. The van der Waals surface area contributed by atoms with E-state index in [0.29, 0.717) is 24.4 Å². The van der Waals surface area contributed by atoms with E-state index in [1.165, 1.54) is 12.8 Å². The lowest BCUT2D eigenvalue weighted by molar-refractivity contribution is -0.113. The molecular formula is C27H37N5O2. The van der Waals surface area contributed by atoms with Gasteiger partial charge in [0, 0.05) is 30.0 Å². The van der Waals surface area contributed by atoms with Gasteiger partial charge in [0.05, 0.1) is 23.5 Å². The predicted octanol–water partition coefficient (Wildman–Crippen LogP) is 3.64. The number of aryl methyl sites for hydroxylation is 1. The number of hydrogen-bond acceptors (Lipinski definition) is 4. The van der Waals surface area contributed by atoms with Crippen LogP contribution in [0.15, 0.2) is 24.3 Å². The number of amides is 2. The SMILES string of the molecule is CCN(CC)CCNC(=O)c1c(C)[nH]c(/C=C2\C(=O)N(CN3CCCC3)c3ccccc32)c1C. The fourth-order valence-electron chi connectivity index (χ4n) is 5.07. The number of anilines is 1. The monoisotopic (exact) mass is 463 g/mol. The van der Waals surface area contributed by atoms with E-state index in [4.69, 9.17) is 0 Å². The summed E-state index contributed by atoms with van der Waals surface area (Å²) in [6.45, 7) is 14.2. The maximum Gasteiger partial charge on any atom is 0.260 e. The first-order valence-corrected chi connectivity index (χ1v) is 12.5. The fourth-order valence-corrected chi connectivity index (χ4v) is 5.07. The molecule has 0 radical (unpaired) electrons. The Bertz CT molecular complexity index is 1080. The molecule has 182 valence electrons. The molecule has 2 aliphatic rings. The van der Waals surface area contributed by atoms with Gasteiger partial charge in [0.1, 0.15) is 0 Å². The topological polar surface area (TPSA) is 71.7 Å². The third-order valence-corrected chi connectivity index (χ3v) is 7.10. The summed E-state index contributed by atoms with van der Waals surface area (Å²) >= 11 is 0. The van der Waals surface area contributed by atoms with Crippen molar-refractivity contribution in [1.29, 1.82) is 0 Å². The average molecular weight is 464 g/mol. The molecule has 0 saturated carbocycles. The number of aromatic nitrogens is 1. The van der Waals surface area contributed by atoms with Crippen LogP contribution in [-0.2, 0) is 4.79 Å². The summed E-state index contributed by atoms with van der Waals surface area (Å²) in [4.78, 5) is 36.3. The Morgan fingerprint density at radius 1 is 1.15 bits per heavy atom. The summed E-state index contributed by atoms with van der Waals surface area (Å²) in [5, 5.41) is 3.06. The summed E-state index contributed by atoms with van der Waals surface area (Å²) < 4.78 is 0. The minimum atomic E-state index is -0.0723. The number of fused-ring (bicyclic) bond motifs is 1. The van der Waals surface area contributed by atoms with Gasteiger partial charge >= 0.3 is 0 Å². The number of likely N-dealkylation sites (N-methyl/N-ethyl adjacent to an activating group) is 1. The van der Waals surface area contributed by atoms with Crippen LogP contribution in [0, 0.1) is 13.8 Å². The predicted molar refractivity (Wildman–Crippen MR) is 138 cm³/mol. The molecule has 1 aromatic heterocycles. The maximum atomic E-state index is 13.5. The molecule has 1 fully saturated rings. The van der Waals surface area contributed by atoms with Crippen LogP contribution in [0.3, 0.4) is 0 Å². The van der Waals surface area contributed by atoms with Crippen LogP contribution in [0.25, 0.3) is 11.6 Å². The molecule has 7 nitrogen and oxygen atoms in total. The number of aromatic amines is 1. The van der Waals surface area contributed by atoms with Gasteiger partial charge in [0.15, 0.2) is 0 Å². The Morgan fingerprint density at radius 3 is 2.56 bits per heavy atom. The van der Waals surface area contributed by atoms with E-state index in [2.05, 4.69) is 33.9 Å². The molecular weight excluding hydrogens is 426 g/mol. The first kappa shape index (κ1) is 24.2. The average Bonchev–Trinajstić information content (AvgIpc) is 3.51. The Balaban J connectivity index is 1.57. The van der Waals surface area contributed by atoms with Crippen molar-refractivity contribution < 1.29 is 9.59 Å². The second-order valence-corrected chi connectivity index (χ2v) is 9.22. The van der Waals surface area contributed by atoms with Crippen molar-refractivity contribution in [2.24, 2.45) is 0 Å². The molecule has 0 atom stereocenters. The summed E-state index contributed by atoms with van der Waals surface area (Å²) in [7, 11) is 0. The van der Waals surface area contributed by atoms with Gasteiger partial charge in [0.25, 0.3) is 11.8 Å². The van der Waals surface area contributed by atoms with E-state index in [0.717, 1.165) is 60.9 Å². The highest BCUT2D eigenvalue weighted by molar-refractivity contribution is 6.35. The molecule has 0 spiro atoms. The highest BCUT2D eigenvalue weighted by Gasteiger charge is 2.34. The fraction of sp³-hybridized carbons (Fsp3) is 0.481. The summed E-state index contributed by atoms with van der Waals surface area (Å²) in [5.74, 6) is -0.0539. The molecule has 1 saturated heterocycles. The molecule has 0 unspecified atom stereocenters. The molecule has 7 heteroatoms. The highest BCUT2D eigenvalue weighted by atomic mass is 16.2. The Morgan fingerprint density at radius 2 is 1.85 bits per heavy atom. The second-order valence-electron chi connectivity index (χ2n) is 9.22. The normalized spacial score (nSPS) is 17.3. The molecule has 0 aliphatic carbocycles. The first-order valence-electron chi connectivity index (χ1n) is 12.5. The second kappa shape index (κ2) is 10.6. The van der Waals surface area contributed by atoms with Gasteiger partial charge in [0.2, 0.25) is 0 Å². The minimum absolute atomic E-state index is 0.0185. The largest absolute Gasteiger partial charge is 0.358 e. The van der Waals surface area contributed by atoms with E-state index in [9.17, 15) is 9.59 Å². The molecule has 34 heavy (non-hydrogen) atoms. The zero-order valence-electron chi connectivity index (χ0n) is 20.9. The number of benzene rings is 1. The third-order valence-electron chi connectivity index (χ3n) is 7.10. The van der Waals surface area contributed by atoms with Crippen LogP contribution in [-0.4, -0.2) is 72.5 Å². The van der Waals surface area contributed by atoms with Crippen molar-refractivity contribution in [3.05, 3.63) is 52.3 Å². The molecule has 2 aliphatic heterocycles. The Labute approximate surface area is 202 Å². The van der Waals surface area contributed by atoms with E-state index < -0.39 is 0 Å². The number of nitrogens with one attached hydrogen (secondary N) is 2. The number of hydrogen-bond donors (Lipinski definition) is 2. The van der Waals surface area contributed by atoms with Crippen molar-refractivity contribution >= 4 is 29.2 Å². The number of rotatable bonds is 9. The van der Waals surface area contributed by atoms with Crippen LogP contribution in [0.1, 0.15) is 59.6 Å². The van der Waals surface area contributed by atoms with Crippen molar-refractivity contribution in [2.45, 2.75) is 40.5 Å². The van der Waals surface area contributed by atoms with Crippen molar-refractivity contribution in [2.75, 3.05) is 50.8 Å². The quantitative estimate of drug-likeness (QED) is 0.557. The highest BCUT2D eigenvalue weighted by Crippen LogP contribution is 2.38. The van der Waals surface area contributed by atoms with Crippen molar-refractivity contribution in [3.8, 4) is 0 Å². The van der Waals surface area contributed by atoms with E-state index in [-0.39, 0.29) is 11.8 Å². The molecule has 2 aromatic rings. The van der Waals surface area contributed by atoms with Crippen LogP contribution in [0.5, 0.6) is 0 Å². The lowest BCUT2D eigenvalue weighted by Crippen LogP contribution is -2.38. The first-order chi connectivity index (χ1) is 16.4. The number of para-hydroxylation sites is 1.